The van der Waals surface area contributed by atoms with Crippen LogP contribution in [0.5, 0.6) is 0 Å². The molecule has 0 aliphatic rings. The number of fused-ring (bicyclic) bond motifs is 1. The summed E-state index contributed by atoms with van der Waals surface area (Å²) in [5.74, 6) is -0.209. The average Bonchev–Trinajstić information content (AvgIpc) is 2.65. The maximum Gasteiger partial charge on any atom is 0.303 e. The van der Waals surface area contributed by atoms with Crippen molar-refractivity contribution in [2.75, 3.05) is 0 Å². The third-order valence-corrected chi connectivity index (χ3v) is 3.60. The number of rotatable bonds is 5. The van der Waals surface area contributed by atoms with Crippen molar-refractivity contribution in [1.29, 1.82) is 0 Å². The lowest BCUT2D eigenvalue weighted by Crippen LogP contribution is -1.95. The highest BCUT2D eigenvalue weighted by molar-refractivity contribution is 5.84. The molecule has 3 heteroatoms. The number of carbonyl (C=O) groups is 1. The quantitative estimate of drug-likeness (QED) is 0.889. The molecule has 0 unspecified atom stereocenters. The molecule has 1 heterocycles. The lowest BCUT2D eigenvalue weighted by Gasteiger charge is -2.06. The summed E-state index contributed by atoms with van der Waals surface area (Å²) in [7, 11) is 2.04. The van der Waals surface area contributed by atoms with E-state index in [1.807, 2.05) is 7.05 Å². The van der Waals surface area contributed by atoms with Crippen molar-refractivity contribution in [2.45, 2.75) is 39.0 Å². The molecule has 2 aromatic rings. The molecule has 0 aliphatic heterocycles. The van der Waals surface area contributed by atoms with Gasteiger partial charge in [0.15, 0.2) is 0 Å². The Bertz CT molecular complexity index is 596. The van der Waals surface area contributed by atoms with E-state index in [-0.39, 0.29) is 6.42 Å². The van der Waals surface area contributed by atoms with E-state index in [9.17, 15) is 4.79 Å². The Kier molecular flexibility index (Phi) is 3.93. The summed E-state index contributed by atoms with van der Waals surface area (Å²) in [5, 5.41) is 9.98. The van der Waals surface area contributed by atoms with Crippen LogP contribution < -0.4 is 0 Å². The van der Waals surface area contributed by atoms with Gasteiger partial charge in [-0.3, -0.25) is 4.79 Å². The van der Waals surface area contributed by atoms with Crippen LogP contribution in [0.25, 0.3) is 10.9 Å². The van der Waals surface area contributed by atoms with Crippen LogP contribution in [0.3, 0.4) is 0 Å². The van der Waals surface area contributed by atoms with Gasteiger partial charge in [0.1, 0.15) is 0 Å². The number of aliphatic carboxylic acids is 1. The van der Waals surface area contributed by atoms with Crippen molar-refractivity contribution in [3.05, 3.63) is 35.5 Å². The molecule has 0 radical (unpaired) electrons. The van der Waals surface area contributed by atoms with Gasteiger partial charge in [0, 0.05) is 30.6 Å². The first kappa shape index (κ1) is 13.7. The summed E-state index contributed by atoms with van der Waals surface area (Å²) in [5.41, 5.74) is 3.80. The molecule has 0 amide bonds. The highest BCUT2D eigenvalue weighted by Crippen LogP contribution is 2.26. The van der Waals surface area contributed by atoms with Crippen LogP contribution in [0.1, 0.15) is 43.7 Å². The summed E-state index contributed by atoms with van der Waals surface area (Å²) in [6, 6.07) is 6.58. The predicted octanol–water partition coefficient (Wildman–Crippen LogP) is 3.71. The first-order valence-electron chi connectivity index (χ1n) is 6.78. The van der Waals surface area contributed by atoms with Gasteiger partial charge in [0.05, 0.1) is 0 Å². The molecule has 1 aromatic heterocycles. The second kappa shape index (κ2) is 5.47. The Labute approximate surface area is 113 Å². The number of hydrogen-bond acceptors (Lipinski definition) is 1. The number of benzene rings is 1. The topological polar surface area (TPSA) is 42.2 Å². The molecule has 2 rings (SSSR count). The van der Waals surface area contributed by atoms with Gasteiger partial charge in [-0.1, -0.05) is 19.9 Å². The number of aromatic nitrogens is 1. The Morgan fingerprint density at radius 3 is 2.74 bits per heavy atom. The van der Waals surface area contributed by atoms with E-state index in [1.165, 1.54) is 22.0 Å². The largest absolute Gasteiger partial charge is 0.481 e. The maximum absolute atomic E-state index is 10.6. The number of nitrogens with zero attached hydrogens (tertiary/aromatic N) is 1. The van der Waals surface area contributed by atoms with E-state index in [4.69, 9.17) is 5.11 Å². The fourth-order valence-electron chi connectivity index (χ4n) is 2.48. The summed E-state index contributed by atoms with van der Waals surface area (Å²) in [4.78, 5) is 10.6. The second-order valence-corrected chi connectivity index (χ2v) is 5.44. The highest BCUT2D eigenvalue weighted by atomic mass is 16.4. The van der Waals surface area contributed by atoms with E-state index in [1.54, 1.807) is 0 Å². The molecule has 1 N–H and O–H groups in total. The van der Waals surface area contributed by atoms with Crippen LogP contribution in [0.4, 0.5) is 0 Å². The van der Waals surface area contributed by atoms with E-state index in [0.29, 0.717) is 12.3 Å². The van der Waals surface area contributed by atoms with Crippen LogP contribution >= 0.6 is 0 Å². The first-order valence-corrected chi connectivity index (χ1v) is 6.78. The van der Waals surface area contributed by atoms with Gasteiger partial charge in [-0.2, -0.15) is 0 Å². The van der Waals surface area contributed by atoms with Crippen molar-refractivity contribution >= 4 is 16.9 Å². The van der Waals surface area contributed by atoms with Gasteiger partial charge in [0.2, 0.25) is 0 Å². The Morgan fingerprint density at radius 2 is 2.11 bits per heavy atom. The summed E-state index contributed by atoms with van der Waals surface area (Å²) in [6.07, 6.45) is 3.88. The van der Waals surface area contributed by atoms with Crippen molar-refractivity contribution in [2.24, 2.45) is 7.05 Å². The molecule has 0 aliphatic carbocycles. The molecule has 0 atom stereocenters. The highest BCUT2D eigenvalue weighted by Gasteiger charge is 2.09. The predicted molar refractivity (Wildman–Crippen MR) is 77.6 cm³/mol. The normalized spacial score (nSPS) is 11.4. The molecule has 102 valence electrons. The molecule has 0 bridgehead atoms. The molecule has 0 spiro atoms. The average molecular weight is 259 g/mol. The number of carboxylic acid groups (broad SMARTS) is 1. The minimum Gasteiger partial charge on any atom is -0.481 e. The van der Waals surface area contributed by atoms with Crippen LogP contribution in [-0.4, -0.2) is 15.6 Å². The van der Waals surface area contributed by atoms with Crippen LogP contribution in [0.2, 0.25) is 0 Å². The minimum atomic E-state index is -0.719. The summed E-state index contributed by atoms with van der Waals surface area (Å²) in [6.45, 7) is 4.38. The van der Waals surface area contributed by atoms with E-state index in [0.717, 1.165) is 6.42 Å². The van der Waals surface area contributed by atoms with Crippen LogP contribution in [-0.2, 0) is 18.3 Å². The Balaban J connectivity index is 2.32. The lowest BCUT2D eigenvalue weighted by molar-refractivity contribution is -0.137. The first-order chi connectivity index (χ1) is 8.99. The van der Waals surface area contributed by atoms with Gasteiger partial charge in [-0.05, 0) is 42.0 Å². The summed E-state index contributed by atoms with van der Waals surface area (Å²) < 4.78 is 2.12. The molecule has 0 saturated carbocycles. The number of carboxylic acids is 1. The zero-order valence-corrected chi connectivity index (χ0v) is 11.8. The molecule has 0 saturated heterocycles. The number of aryl methyl sites for hydroxylation is 2. The zero-order chi connectivity index (χ0) is 14.0. The zero-order valence-electron chi connectivity index (χ0n) is 11.8. The maximum atomic E-state index is 10.6. The molecular weight excluding hydrogens is 238 g/mol. The third-order valence-electron chi connectivity index (χ3n) is 3.60. The van der Waals surface area contributed by atoms with Gasteiger partial charge in [0.25, 0.3) is 0 Å². The van der Waals surface area contributed by atoms with E-state index in [2.05, 4.69) is 42.8 Å². The summed E-state index contributed by atoms with van der Waals surface area (Å²) >= 11 is 0. The van der Waals surface area contributed by atoms with Gasteiger partial charge < -0.3 is 9.67 Å². The monoisotopic (exact) mass is 259 g/mol. The Morgan fingerprint density at radius 1 is 1.37 bits per heavy atom. The van der Waals surface area contributed by atoms with Crippen molar-refractivity contribution < 1.29 is 9.90 Å². The third kappa shape index (κ3) is 2.98. The van der Waals surface area contributed by atoms with E-state index >= 15 is 0 Å². The van der Waals surface area contributed by atoms with Crippen LogP contribution in [0, 0.1) is 0 Å². The van der Waals surface area contributed by atoms with Gasteiger partial charge in [-0.15, -0.1) is 0 Å². The Hall–Kier alpha value is -1.77. The standard InChI is InChI=1S/C16H21NO2/c1-11(2)12-7-8-15-14(9-12)13(10-17(15)3)5-4-6-16(18)19/h7-11H,4-6H2,1-3H3,(H,18,19). The smallest absolute Gasteiger partial charge is 0.303 e. The van der Waals surface area contributed by atoms with Crippen molar-refractivity contribution in [1.82, 2.24) is 4.57 Å². The van der Waals surface area contributed by atoms with E-state index < -0.39 is 5.97 Å². The second-order valence-electron chi connectivity index (χ2n) is 5.44. The fraction of sp³-hybridized carbons (Fsp3) is 0.438. The minimum absolute atomic E-state index is 0.236. The molecule has 1 aromatic carbocycles. The molecule has 0 fully saturated rings. The van der Waals surface area contributed by atoms with Crippen molar-refractivity contribution in [3.63, 3.8) is 0 Å². The molecule has 19 heavy (non-hydrogen) atoms. The molecular formula is C16H21NO2. The van der Waals surface area contributed by atoms with Gasteiger partial charge in [-0.25, -0.2) is 0 Å². The van der Waals surface area contributed by atoms with Crippen LogP contribution in [0.15, 0.2) is 24.4 Å². The lowest BCUT2D eigenvalue weighted by atomic mass is 9.99. The number of hydrogen-bond donors (Lipinski definition) is 1. The fourth-order valence-corrected chi connectivity index (χ4v) is 2.48. The van der Waals surface area contributed by atoms with Crippen molar-refractivity contribution in [3.8, 4) is 0 Å². The SMILES string of the molecule is CC(C)c1ccc2c(c1)c(CCCC(=O)O)cn2C. The van der Waals surface area contributed by atoms with Gasteiger partial charge >= 0.3 is 5.97 Å². The molecule has 3 nitrogen and oxygen atoms in total.